The fraction of sp³-hybridized carbons (Fsp3) is 0.333. The van der Waals surface area contributed by atoms with Crippen LogP contribution >= 0.6 is 23.2 Å². The summed E-state index contributed by atoms with van der Waals surface area (Å²) in [5.74, 6) is 0. The van der Waals surface area contributed by atoms with Crippen molar-refractivity contribution in [1.29, 1.82) is 0 Å². The van der Waals surface area contributed by atoms with Gasteiger partial charge in [0.1, 0.15) is 0 Å². The van der Waals surface area contributed by atoms with E-state index in [0.29, 0.717) is 0 Å². The Bertz CT molecular complexity index is 87.2. The third kappa shape index (κ3) is 8.02. The summed E-state index contributed by atoms with van der Waals surface area (Å²) in [5.41, 5.74) is 2.97. The van der Waals surface area contributed by atoms with Crippen LogP contribution in [-0.2, 0) is 0 Å². The molecule has 0 saturated carbocycles. The highest BCUT2D eigenvalue weighted by molar-refractivity contribution is 6.25. The van der Waals surface area contributed by atoms with Gasteiger partial charge in [0.05, 0.1) is 0 Å². The predicted octanol–water partition coefficient (Wildman–Crippen LogP) is 2.08. The molecular weight excluding hydrogens is 157 g/mol. The van der Waals surface area contributed by atoms with Crippen molar-refractivity contribution in [3.05, 3.63) is 23.2 Å². The molecule has 9 heavy (non-hydrogen) atoms. The van der Waals surface area contributed by atoms with E-state index in [9.17, 15) is 0 Å². The minimum Gasteiger partial charge on any atom is -0.310 e. The third-order valence-electron chi connectivity index (χ3n) is 0.703. The minimum absolute atomic E-state index is 0.782. The van der Waals surface area contributed by atoms with Gasteiger partial charge in [0, 0.05) is 24.2 Å². The summed E-state index contributed by atoms with van der Waals surface area (Å²) in [7, 11) is 0. The van der Waals surface area contributed by atoms with E-state index in [0.717, 1.165) is 13.1 Å². The van der Waals surface area contributed by atoms with E-state index < -0.39 is 0 Å². The van der Waals surface area contributed by atoms with E-state index in [1.807, 2.05) is 12.2 Å². The Labute approximate surface area is 65.3 Å². The van der Waals surface area contributed by atoms with Gasteiger partial charge in [-0.3, -0.25) is 0 Å². The lowest BCUT2D eigenvalue weighted by molar-refractivity contribution is 0.844. The standard InChI is InChI=1S/C6H9Cl2N/c7-3-1-5-9-6-2-4-8/h1-4,9H,5-6H2. The Hall–Kier alpha value is 0.0200. The topological polar surface area (TPSA) is 12.0 Å². The SMILES string of the molecule is ClC=CCNCC=CCl. The van der Waals surface area contributed by atoms with Crippen LogP contribution in [0.1, 0.15) is 0 Å². The van der Waals surface area contributed by atoms with Gasteiger partial charge in [-0.05, 0) is 0 Å². The molecule has 3 heteroatoms. The first-order valence-electron chi connectivity index (χ1n) is 2.63. The molecule has 0 bridgehead atoms. The number of halogens is 2. The first-order valence-corrected chi connectivity index (χ1v) is 3.50. The van der Waals surface area contributed by atoms with E-state index in [1.54, 1.807) is 0 Å². The molecule has 1 nitrogen and oxygen atoms in total. The molecule has 0 aliphatic carbocycles. The Balaban J connectivity index is 2.91. The largest absolute Gasteiger partial charge is 0.310 e. The van der Waals surface area contributed by atoms with Crippen LogP contribution in [0.2, 0.25) is 0 Å². The first kappa shape index (κ1) is 9.02. The summed E-state index contributed by atoms with van der Waals surface area (Å²) in [6.45, 7) is 1.56. The smallest absolute Gasteiger partial charge is 0.0149 e. The zero-order valence-corrected chi connectivity index (χ0v) is 6.49. The van der Waals surface area contributed by atoms with Crippen molar-refractivity contribution in [1.82, 2.24) is 5.32 Å². The van der Waals surface area contributed by atoms with Gasteiger partial charge in [0.2, 0.25) is 0 Å². The highest BCUT2D eigenvalue weighted by Crippen LogP contribution is 1.77. The van der Waals surface area contributed by atoms with E-state index in [-0.39, 0.29) is 0 Å². The molecule has 52 valence electrons. The second-order valence-corrected chi connectivity index (χ2v) is 1.89. The van der Waals surface area contributed by atoms with Crippen molar-refractivity contribution in [2.45, 2.75) is 0 Å². The van der Waals surface area contributed by atoms with Gasteiger partial charge in [0.15, 0.2) is 0 Å². The van der Waals surface area contributed by atoms with Crippen LogP contribution in [0.25, 0.3) is 0 Å². The lowest BCUT2D eigenvalue weighted by atomic mass is 10.5. The van der Waals surface area contributed by atoms with Crippen LogP contribution in [0.15, 0.2) is 23.2 Å². The predicted molar refractivity (Wildman–Crippen MR) is 42.9 cm³/mol. The van der Waals surface area contributed by atoms with Gasteiger partial charge in [0.25, 0.3) is 0 Å². The van der Waals surface area contributed by atoms with Crippen LogP contribution in [0, 0.1) is 0 Å². The molecule has 0 aliphatic rings. The maximum Gasteiger partial charge on any atom is 0.0149 e. The van der Waals surface area contributed by atoms with E-state index in [2.05, 4.69) is 5.32 Å². The average molecular weight is 166 g/mol. The number of nitrogens with one attached hydrogen (secondary N) is 1. The lowest BCUT2D eigenvalue weighted by Crippen LogP contribution is -2.12. The minimum atomic E-state index is 0.782. The Morgan fingerprint density at radius 3 is 1.78 bits per heavy atom. The van der Waals surface area contributed by atoms with Gasteiger partial charge in [-0.25, -0.2) is 0 Å². The van der Waals surface area contributed by atoms with Gasteiger partial charge >= 0.3 is 0 Å². The molecule has 0 aromatic rings. The van der Waals surface area contributed by atoms with Gasteiger partial charge in [-0.2, -0.15) is 0 Å². The summed E-state index contributed by atoms with van der Waals surface area (Å²) in [6.07, 6.45) is 3.65. The zero-order chi connectivity index (χ0) is 6.95. The highest BCUT2D eigenvalue weighted by atomic mass is 35.5. The molecule has 0 spiro atoms. The quantitative estimate of drug-likeness (QED) is 0.630. The normalized spacial score (nSPS) is 11.8. The maximum atomic E-state index is 5.25. The Kier molecular flexibility index (Phi) is 8.04. The molecule has 0 radical (unpaired) electrons. The summed E-state index contributed by atoms with van der Waals surface area (Å²) in [6, 6.07) is 0. The Morgan fingerprint density at radius 2 is 1.44 bits per heavy atom. The molecular formula is C6H9Cl2N. The maximum absolute atomic E-state index is 5.25. The van der Waals surface area contributed by atoms with Crippen molar-refractivity contribution in [2.24, 2.45) is 0 Å². The van der Waals surface area contributed by atoms with Gasteiger partial charge in [-0.1, -0.05) is 35.4 Å². The second kappa shape index (κ2) is 8.02. The van der Waals surface area contributed by atoms with Crippen LogP contribution in [0.4, 0.5) is 0 Å². The molecule has 0 atom stereocenters. The van der Waals surface area contributed by atoms with E-state index in [1.165, 1.54) is 11.1 Å². The molecule has 0 rings (SSSR count). The summed E-state index contributed by atoms with van der Waals surface area (Å²) in [4.78, 5) is 0. The Morgan fingerprint density at radius 1 is 1.00 bits per heavy atom. The molecule has 0 saturated heterocycles. The second-order valence-electron chi connectivity index (χ2n) is 1.38. The molecule has 0 unspecified atom stereocenters. The first-order chi connectivity index (χ1) is 4.41. The fourth-order valence-electron chi connectivity index (χ4n) is 0.339. The van der Waals surface area contributed by atoms with Crippen LogP contribution in [0.3, 0.4) is 0 Å². The summed E-state index contributed by atoms with van der Waals surface area (Å²) >= 11 is 10.5. The van der Waals surface area contributed by atoms with Crippen molar-refractivity contribution >= 4 is 23.2 Å². The van der Waals surface area contributed by atoms with Crippen LogP contribution in [-0.4, -0.2) is 13.1 Å². The van der Waals surface area contributed by atoms with Gasteiger partial charge in [-0.15, -0.1) is 0 Å². The molecule has 0 aliphatic heterocycles. The van der Waals surface area contributed by atoms with E-state index in [4.69, 9.17) is 23.2 Å². The molecule has 1 N–H and O–H groups in total. The summed E-state index contributed by atoms with van der Waals surface area (Å²) in [5, 5.41) is 3.04. The van der Waals surface area contributed by atoms with Gasteiger partial charge < -0.3 is 5.32 Å². The van der Waals surface area contributed by atoms with Crippen molar-refractivity contribution in [3.8, 4) is 0 Å². The van der Waals surface area contributed by atoms with Crippen molar-refractivity contribution < 1.29 is 0 Å². The number of rotatable bonds is 4. The third-order valence-corrected chi connectivity index (χ3v) is 1.06. The van der Waals surface area contributed by atoms with Crippen LogP contribution in [0.5, 0.6) is 0 Å². The average Bonchev–Trinajstić information content (AvgIpc) is 1.89. The lowest BCUT2D eigenvalue weighted by Gasteiger charge is -1.91. The molecule has 0 heterocycles. The van der Waals surface area contributed by atoms with Crippen molar-refractivity contribution in [2.75, 3.05) is 13.1 Å². The summed E-state index contributed by atoms with van der Waals surface area (Å²) < 4.78 is 0. The molecule has 0 aromatic carbocycles. The molecule has 0 aromatic heterocycles. The highest BCUT2D eigenvalue weighted by Gasteiger charge is 1.73. The molecule has 0 fully saturated rings. The monoisotopic (exact) mass is 165 g/mol. The number of hydrogen-bond donors (Lipinski definition) is 1. The van der Waals surface area contributed by atoms with E-state index >= 15 is 0 Å². The zero-order valence-electron chi connectivity index (χ0n) is 4.98. The van der Waals surface area contributed by atoms with Crippen LogP contribution < -0.4 is 5.32 Å². The molecule has 0 amide bonds. The van der Waals surface area contributed by atoms with Crippen molar-refractivity contribution in [3.63, 3.8) is 0 Å². The number of hydrogen-bond acceptors (Lipinski definition) is 1. The fourth-order valence-corrected chi connectivity index (χ4v) is 0.517.